The van der Waals surface area contributed by atoms with Gasteiger partial charge < -0.3 is 25.4 Å². The van der Waals surface area contributed by atoms with Crippen LogP contribution in [0.15, 0.2) is 18.2 Å². The van der Waals surface area contributed by atoms with Crippen molar-refractivity contribution in [2.75, 3.05) is 12.3 Å². The zero-order valence-electron chi connectivity index (χ0n) is 23.0. The van der Waals surface area contributed by atoms with E-state index in [9.17, 15) is 19.5 Å². The first-order valence-electron chi connectivity index (χ1n) is 13.5. The number of benzene rings is 1. The van der Waals surface area contributed by atoms with Crippen LogP contribution in [0.4, 0.5) is 4.79 Å². The molecule has 0 heterocycles. The second-order valence-electron chi connectivity index (χ2n) is 10.9. The highest BCUT2D eigenvalue weighted by atomic mass is 32.1. The number of phenols is 1. The molecule has 1 aromatic rings. The van der Waals surface area contributed by atoms with E-state index in [1.54, 1.807) is 45.9 Å². The maximum absolute atomic E-state index is 13.9. The number of para-hydroxylation sites is 1. The van der Waals surface area contributed by atoms with Crippen molar-refractivity contribution in [1.82, 2.24) is 15.5 Å². The molecule has 3 N–H and O–H groups in total. The van der Waals surface area contributed by atoms with E-state index in [0.717, 1.165) is 44.9 Å². The molecule has 1 aromatic carbocycles. The topological polar surface area (TPSA) is 108 Å². The van der Waals surface area contributed by atoms with Gasteiger partial charge >= 0.3 is 6.09 Å². The first kappa shape index (κ1) is 30.8. The van der Waals surface area contributed by atoms with Crippen molar-refractivity contribution >= 4 is 30.5 Å². The number of rotatable bonds is 11. The fraction of sp³-hybridized carbons (Fsp3) is 0.679. The predicted molar refractivity (Wildman–Crippen MR) is 149 cm³/mol. The van der Waals surface area contributed by atoms with E-state index in [2.05, 4.69) is 30.2 Å². The van der Waals surface area contributed by atoms with E-state index in [-0.39, 0.29) is 23.5 Å². The van der Waals surface area contributed by atoms with Crippen LogP contribution in [0.25, 0.3) is 0 Å². The number of nitrogens with one attached hydrogen (secondary N) is 2. The van der Waals surface area contributed by atoms with Crippen molar-refractivity contribution in [3.8, 4) is 5.75 Å². The van der Waals surface area contributed by atoms with Gasteiger partial charge in [-0.2, -0.15) is 12.6 Å². The molecule has 2 unspecified atom stereocenters. The van der Waals surface area contributed by atoms with Gasteiger partial charge in [-0.25, -0.2) is 4.79 Å². The Labute approximate surface area is 227 Å². The minimum atomic E-state index is -1.05. The average Bonchev–Trinajstić information content (AvgIpc) is 2.83. The number of unbranched alkanes of at least 4 members (excludes halogenated alkanes) is 2. The number of thiol groups is 1. The summed E-state index contributed by atoms with van der Waals surface area (Å²) in [5, 5.41) is 16.7. The van der Waals surface area contributed by atoms with Crippen molar-refractivity contribution in [3.63, 3.8) is 0 Å². The van der Waals surface area contributed by atoms with Gasteiger partial charge in [0.2, 0.25) is 11.8 Å². The number of aromatic hydroxyl groups is 1. The number of aryl methyl sites for hydroxylation is 1. The Morgan fingerprint density at radius 2 is 1.84 bits per heavy atom. The molecule has 3 amide bonds. The summed E-state index contributed by atoms with van der Waals surface area (Å²) in [6.07, 6.45) is 6.77. The van der Waals surface area contributed by atoms with E-state index in [4.69, 9.17) is 4.74 Å². The van der Waals surface area contributed by atoms with Crippen molar-refractivity contribution in [2.24, 2.45) is 0 Å². The van der Waals surface area contributed by atoms with Crippen LogP contribution in [0, 0.1) is 6.92 Å². The molecule has 8 nitrogen and oxygen atoms in total. The third-order valence-corrected chi connectivity index (χ3v) is 6.90. The van der Waals surface area contributed by atoms with Crippen molar-refractivity contribution in [1.29, 1.82) is 0 Å². The molecule has 1 aliphatic carbocycles. The van der Waals surface area contributed by atoms with Crippen LogP contribution in [0.5, 0.6) is 5.75 Å². The lowest BCUT2D eigenvalue weighted by Crippen LogP contribution is -2.54. The zero-order valence-corrected chi connectivity index (χ0v) is 23.9. The van der Waals surface area contributed by atoms with Gasteiger partial charge in [0.1, 0.15) is 23.4 Å². The summed E-state index contributed by atoms with van der Waals surface area (Å²) in [6, 6.07) is 3.20. The van der Waals surface area contributed by atoms with Gasteiger partial charge in [-0.3, -0.25) is 9.59 Å². The van der Waals surface area contributed by atoms with E-state index in [1.165, 1.54) is 4.90 Å². The molecule has 0 spiro atoms. The van der Waals surface area contributed by atoms with Crippen molar-refractivity contribution in [3.05, 3.63) is 29.3 Å². The van der Waals surface area contributed by atoms with Gasteiger partial charge in [-0.1, -0.05) is 57.2 Å². The monoisotopic (exact) mass is 535 g/mol. The quantitative estimate of drug-likeness (QED) is 0.235. The number of carbonyl (C=O) groups excluding carboxylic acids is 3. The number of alkyl carbamates (subject to hydrolysis) is 1. The molecule has 0 saturated heterocycles. The van der Waals surface area contributed by atoms with E-state index < -0.39 is 29.7 Å². The Morgan fingerprint density at radius 3 is 2.43 bits per heavy atom. The lowest BCUT2D eigenvalue weighted by molar-refractivity contribution is -0.142. The van der Waals surface area contributed by atoms with Crippen LogP contribution in [0.2, 0.25) is 0 Å². The Morgan fingerprint density at radius 1 is 1.16 bits per heavy atom. The average molecular weight is 536 g/mol. The number of ether oxygens (including phenoxy) is 1. The minimum absolute atomic E-state index is 0.0119. The Balaban J connectivity index is 2.45. The number of phenolic OH excluding ortho intramolecular Hbond substituents is 1. The summed E-state index contributed by atoms with van der Waals surface area (Å²) in [7, 11) is 0. The van der Waals surface area contributed by atoms with Crippen molar-refractivity contribution < 1.29 is 24.2 Å². The second-order valence-corrected chi connectivity index (χ2v) is 11.2. The van der Waals surface area contributed by atoms with Gasteiger partial charge in [0.15, 0.2) is 0 Å². The molecule has 0 radical (unpaired) electrons. The summed E-state index contributed by atoms with van der Waals surface area (Å²) in [5.74, 6) is -0.754. The molecule has 1 saturated carbocycles. The normalized spacial score (nSPS) is 15.9. The van der Waals surface area contributed by atoms with Crippen LogP contribution < -0.4 is 10.6 Å². The van der Waals surface area contributed by atoms with Crippen LogP contribution in [-0.2, 0) is 14.3 Å². The summed E-state index contributed by atoms with van der Waals surface area (Å²) >= 11 is 4.33. The molecule has 208 valence electrons. The standard InChI is InChI=1S/C28H45N3O5S/c1-6-7-11-17-31(26(34)22(18-37)30-27(35)36-28(3,4)5)23(21-16-12-13-19(2)24(21)32)25(33)29-20-14-9-8-10-15-20/h12-13,16,20,22-23,32,37H,6-11,14-15,17-18H2,1-5H3,(H,29,33)(H,30,35). The highest BCUT2D eigenvalue weighted by Gasteiger charge is 2.37. The smallest absolute Gasteiger partial charge is 0.408 e. The SMILES string of the molecule is CCCCCN(C(=O)C(CS)NC(=O)OC(C)(C)C)C(C(=O)NC1CCCCC1)c1cccc(C)c1O. The van der Waals surface area contributed by atoms with E-state index in [0.29, 0.717) is 24.1 Å². The third kappa shape index (κ3) is 9.43. The molecule has 9 heteroatoms. The molecule has 0 bridgehead atoms. The Bertz CT molecular complexity index is 912. The van der Waals surface area contributed by atoms with Gasteiger partial charge in [-0.15, -0.1) is 0 Å². The van der Waals surface area contributed by atoms with Gasteiger partial charge in [0, 0.05) is 23.9 Å². The van der Waals surface area contributed by atoms with Crippen LogP contribution in [0.3, 0.4) is 0 Å². The molecule has 37 heavy (non-hydrogen) atoms. The Hall–Kier alpha value is -2.42. The van der Waals surface area contributed by atoms with Crippen LogP contribution in [0.1, 0.15) is 96.2 Å². The number of amides is 3. The van der Waals surface area contributed by atoms with E-state index in [1.807, 2.05) is 0 Å². The molecular formula is C28H45N3O5S. The highest BCUT2D eigenvalue weighted by Crippen LogP contribution is 2.33. The lowest BCUT2D eigenvalue weighted by atomic mass is 9.94. The predicted octanol–water partition coefficient (Wildman–Crippen LogP) is 5.03. The third-order valence-electron chi connectivity index (χ3n) is 6.53. The summed E-state index contributed by atoms with van der Waals surface area (Å²) in [4.78, 5) is 41.7. The van der Waals surface area contributed by atoms with Gasteiger partial charge in [0.25, 0.3) is 0 Å². The Kier molecular flexibility index (Phi) is 12.1. The van der Waals surface area contributed by atoms with Crippen molar-refractivity contribution in [2.45, 2.75) is 110 Å². The fourth-order valence-corrected chi connectivity index (χ4v) is 4.86. The molecule has 0 aliphatic heterocycles. The molecule has 1 fully saturated rings. The lowest BCUT2D eigenvalue weighted by Gasteiger charge is -2.36. The number of hydrogen-bond acceptors (Lipinski definition) is 6. The van der Waals surface area contributed by atoms with Gasteiger partial charge in [0.05, 0.1) is 0 Å². The zero-order chi connectivity index (χ0) is 27.6. The fourth-order valence-electron chi connectivity index (χ4n) is 4.61. The molecule has 0 aromatic heterocycles. The van der Waals surface area contributed by atoms with Crippen LogP contribution >= 0.6 is 12.6 Å². The molecule has 1 aliphatic rings. The first-order valence-corrected chi connectivity index (χ1v) is 14.1. The maximum atomic E-state index is 13.9. The molecular weight excluding hydrogens is 490 g/mol. The highest BCUT2D eigenvalue weighted by molar-refractivity contribution is 7.80. The number of hydrogen-bond donors (Lipinski definition) is 4. The minimum Gasteiger partial charge on any atom is -0.507 e. The number of nitrogens with zero attached hydrogens (tertiary/aromatic N) is 1. The molecule has 2 rings (SSSR count). The molecule has 2 atom stereocenters. The summed E-state index contributed by atoms with van der Waals surface area (Å²) < 4.78 is 5.35. The van der Waals surface area contributed by atoms with Gasteiger partial charge in [-0.05, 0) is 52.5 Å². The largest absolute Gasteiger partial charge is 0.507 e. The first-order chi connectivity index (χ1) is 17.5. The number of carbonyl (C=O) groups is 3. The maximum Gasteiger partial charge on any atom is 0.408 e. The second kappa shape index (κ2) is 14.5. The summed E-state index contributed by atoms with van der Waals surface area (Å²) in [5.41, 5.74) is 0.255. The summed E-state index contributed by atoms with van der Waals surface area (Å²) in [6.45, 7) is 9.35. The van der Waals surface area contributed by atoms with Crippen LogP contribution in [-0.4, -0.2) is 57.9 Å². The van der Waals surface area contributed by atoms with E-state index >= 15 is 0 Å².